The highest BCUT2D eigenvalue weighted by Gasteiger charge is 2.44. The van der Waals surface area contributed by atoms with E-state index in [-0.39, 0.29) is 41.9 Å². The monoisotopic (exact) mass is 399 g/mol. The van der Waals surface area contributed by atoms with E-state index in [9.17, 15) is 19.6 Å². The maximum atomic E-state index is 12.9. The Kier molecular flexibility index (Phi) is 5.66. The van der Waals surface area contributed by atoms with Crippen molar-refractivity contribution in [3.05, 3.63) is 70.1 Å². The second kappa shape index (κ2) is 7.84. The summed E-state index contributed by atoms with van der Waals surface area (Å²) >= 11 is 6.12. The standard InChI is InChI=1S/C22H22ClNO4/c1-22(2)12-19(26)21(20(27)13-22)16(14-6-5-7-15(23)10-14)11-18(25)17-8-3-4-9-24(17)28/h3-10,16,21H,11-13H2,1-2H3/t16-/m1/s1. The summed E-state index contributed by atoms with van der Waals surface area (Å²) in [6.07, 6.45) is 1.69. The average molecular weight is 400 g/mol. The van der Waals surface area contributed by atoms with Crippen molar-refractivity contribution in [1.82, 2.24) is 0 Å². The molecule has 1 saturated carbocycles. The quantitative estimate of drug-likeness (QED) is 0.330. The normalized spacial score (nSPS) is 18.1. The van der Waals surface area contributed by atoms with Gasteiger partial charge >= 0.3 is 0 Å². The van der Waals surface area contributed by atoms with Gasteiger partial charge in [-0.3, -0.25) is 14.4 Å². The van der Waals surface area contributed by atoms with Crippen LogP contribution in [0.25, 0.3) is 0 Å². The first kappa shape index (κ1) is 20.2. The molecule has 0 radical (unpaired) electrons. The summed E-state index contributed by atoms with van der Waals surface area (Å²) in [5, 5.41) is 12.4. The number of rotatable bonds is 5. The van der Waals surface area contributed by atoms with Crippen LogP contribution >= 0.6 is 11.6 Å². The number of carbonyl (C=O) groups is 3. The summed E-state index contributed by atoms with van der Waals surface area (Å²) in [4.78, 5) is 38.6. The van der Waals surface area contributed by atoms with Gasteiger partial charge in [0.15, 0.2) is 6.20 Å². The van der Waals surface area contributed by atoms with E-state index in [4.69, 9.17) is 11.6 Å². The van der Waals surface area contributed by atoms with Gasteiger partial charge in [-0.05, 0) is 29.2 Å². The Morgan fingerprint density at radius 1 is 1.18 bits per heavy atom. The maximum absolute atomic E-state index is 12.9. The molecule has 1 aliphatic carbocycles. The smallest absolute Gasteiger partial charge is 0.259 e. The van der Waals surface area contributed by atoms with Crippen molar-refractivity contribution in [2.45, 2.75) is 39.0 Å². The van der Waals surface area contributed by atoms with Gasteiger partial charge in [-0.2, -0.15) is 4.73 Å². The van der Waals surface area contributed by atoms with Crippen LogP contribution < -0.4 is 4.73 Å². The van der Waals surface area contributed by atoms with Crippen LogP contribution in [0.15, 0.2) is 48.7 Å². The van der Waals surface area contributed by atoms with Crippen molar-refractivity contribution >= 4 is 29.0 Å². The van der Waals surface area contributed by atoms with Gasteiger partial charge in [-0.25, -0.2) is 0 Å². The van der Waals surface area contributed by atoms with E-state index in [1.54, 1.807) is 30.3 Å². The Morgan fingerprint density at radius 3 is 2.46 bits per heavy atom. The molecule has 1 fully saturated rings. The van der Waals surface area contributed by atoms with Crippen LogP contribution in [0.1, 0.15) is 55.1 Å². The number of nitrogens with zero attached hydrogens (tertiary/aromatic N) is 1. The minimum absolute atomic E-state index is 0.00874. The Hall–Kier alpha value is -2.53. The number of Topliss-reactive ketones (excluding diaryl/α,β-unsaturated/α-hetero) is 3. The van der Waals surface area contributed by atoms with Gasteiger partial charge < -0.3 is 5.21 Å². The highest BCUT2D eigenvalue weighted by molar-refractivity contribution is 6.30. The van der Waals surface area contributed by atoms with Gasteiger partial charge in [0.05, 0.1) is 5.92 Å². The van der Waals surface area contributed by atoms with E-state index in [0.717, 1.165) is 0 Å². The van der Waals surface area contributed by atoms with Crippen molar-refractivity contribution in [1.29, 1.82) is 0 Å². The molecule has 1 heterocycles. The lowest BCUT2D eigenvalue weighted by molar-refractivity contribution is -0.607. The second-order valence-corrected chi connectivity index (χ2v) is 8.56. The Balaban J connectivity index is 1.99. The molecule has 3 rings (SSSR count). The van der Waals surface area contributed by atoms with E-state index in [0.29, 0.717) is 15.3 Å². The lowest BCUT2D eigenvalue weighted by atomic mass is 9.65. The number of aromatic nitrogens is 1. The summed E-state index contributed by atoms with van der Waals surface area (Å²) in [6, 6.07) is 11.5. The number of ketones is 3. The number of benzene rings is 1. The number of halogens is 1. The molecule has 1 aromatic heterocycles. The molecular weight excluding hydrogens is 378 g/mol. The SMILES string of the molecule is CC1(C)CC(=O)C([C@H](CC(=O)c2cccc[n+]2[O-])c2cccc(Cl)c2)C(=O)C1. The molecule has 0 unspecified atom stereocenters. The fourth-order valence-corrected chi connectivity index (χ4v) is 4.17. The molecule has 0 spiro atoms. The molecule has 1 aliphatic rings. The fraction of sp³-hybridized carbons (Fsp3) is 0.364. The minimum atomic E-state index is -0.903. The molecule has 1 aromatic carbocycles. The number of hydrogen-bond donors (Lipinski definition) is 0. The molecule has 28 heavy (non-hydrogen) atoms. The zero-order valence-corrected chi connectivity index (χ0v) is 16.6. The van der Waals surface area contributed by atoms with Crippen molar-refractivity contribution in [3.63, 3.8) is 0 Å². The van der Waals surface area contributed by atoms with Gasteiger partial charge in [0.25, 0.3) is 5.69 Å². The van der Waals surface area contributed by atoms with Crippen molar-refractivity contribution in [2.24, 2.45) is 11.3 Å². The molecule has 0 amide bonds. The largest absolute Gasteiger partial charge is 0.618 e. The van der Waals surface area contributed by atoms with Gasteiger partial charge in [-0.15, -0.1) is 0 Å². The minimum Gasteiger partial charge on any atom is -0.618 e. The van der Waals surface area contributed by atoms with Crippen LogP contribution in [0.2, 0.25) is 5.02 Å². The van der Waals surface area contributed by atoms with Gasteiger partial charge in [-0.1, -0.05) is 37.6 Å². The highest BCUT2D eigenvalue weighted by Crippen LogP contribution is 2.41. The third kappa shape index (κ3) is 4.30. The summed E-state index contributed by atoms with van der Waals surface area (Å²) < 4.78 is 0.505. The fourth-order valence-electron chi connectivity index (χ4n) is 3.97. The summed E-state index contributed by atoms with van der Waals surface area (Å²) in [5.74, 6) is -2.29. The lowest BCUT2D eigenvalue weighted by Gasteiger charge is -2.35. The maximum Gasteiger partial charge on any atom is 0.259 e. The van der Waals surface area contributed by atoms with Crippen LogP contribution in [-0.2, 0) is 9.59 Å². The van der Waals surface area contributed by atoms with Crippen molar-refractivity contribution < 1.29 is 19.1 Å². The molecule has 6 heteroatoms. The Morgan fingerprint density at radius 2 is 1.86 bits per heavy atom. The topological polar surface area (TPSA) is 78.2 Å². The van der Waals surface area contributed by atoms with Gasteiger partial charge in [0.2, 0.25) is 5.78 Å². The zero-order chi connectivity index (χ0) is 20.5. The van der Waals surface area contributed by atoms with E-state index >= 15 is 0 Å². The number of pyridine rings is 1. The summed E-state index contributed by atoms with van der Waals surface area (Å²) in [7, 11) is 0. The average Bonchev–Trinajstić information content (AvgIpc) is 2.59. The Bertz CT molecular complexity index is 918. The lowest BCUT2D eigenvalue weighted by Crippen LogP contribution is -2.42. The Labute approximate surface area is 168 Å². The first-order chi connectivity index (χ1) is 13.2. The molecule has 0 N–H and O–H groups in total. The predicted molar refractivity (Wildman–Crippen MR) is 105 cm³/mol. The van der Waals surface area contributed by atoms with E-state index in [1.165, 1.54) is 18.3 Å². The predicted octanol–water partition coefficient (Wildman–Crippen LogP) is 3.90. The van der Waals surface area contributed by atoms with E-state index in [1.807, 2.05) is 13.8 Å². The zero-order valence-electron chi connectivity index (χ0n) is 15.9. The van der Waals surface area contributed by atoms with Crippen LogP contribution in [-0.4, -0.2) is 17.3 Å². The van der Waals surface area contributed by atoms with Crippen LogP contribution in [0.4, 0.5) is 0 Å². The number of hydrogen-bond acceptors (Lipinski definition) is 4. The van der Waals surface area contributed by atoms with Crippen molar-refractivity contribution in [2.75, 3.05) is 0 Å². The third-order valence-electron chi connectivity index (χ3n) is 5.19. The molecule has 146 valence electrons. The number of carbonyl (C=O) groups excluding carboxylic acids is 3. The molecule has 1 atom stereocenters. The van der Waals surface area contributed by atoms with E-state index in [2.05, 4.69) is 0 Å². The summed E-state index contributed by atoms with van der Waals surface area (Å²) in [5.41, 5.74) is 0.261. The molecule has 0 bridgehead atoms. The molecule has 5 nitrogen and oxygen atoms in total. The molecule has 0 aliphatic heterocycles. The highest BCUT2D eigenvalue weighted by atomic mass is 35.5. The van der Waals surface area contributed by atoms with Crippen LogP contribution in [0.3, 0.4) is 0 Å². The van der Waals surface area contributed by atoms with Crippen molar-refractivity contribution in [3.8, 4) is 0 Å². The van der Waals surface area contributed by atoms with Gasteiger partial charge in [0, 0.05) is 42.3 Å². The summed E-state index contributed by atoms with van der Waals surface area (Å²) in [6.45, 7) is 3.78. The van der Waals surface area contributed by atoms with Crippen LogP contribution in [0, 0.1) is 16.5 Å². The third-order valence-corrected chi connectivity index (χ3v) is 5.43. The molecule has 0 saturated heterocycles. The van der Waals surface area contributed by atoms with Crippen LogP contribution in [0.5, 0.6) is 0 Å². The first-order valence-electron chi connectivity index (χ1n) is 9.20. The van der Waals surface area contributed by atoms with Gasteiger partial charge in [0.1, 0.15) is 11.6 Å². The second-order valence-electron chi connectivity index (χ2n) is 8.13. The molecular formula is C22H22ClNO4. The molecule has 2 aromatic rings. The first-order valence-corrected chi connectivity index (χ1v) is 9.58. The van der Waals surface area contributed by atoms with E-state index < -0.39 is 17.6 Å².